The molecule has 0 radical (unpaired) electrons. The molecule has 0 aliphatic carbocycles. The molecular weight excluding hydrogens is 378 g/mol. The average Bonchev–Trinajstić information content (AvgIpc) is 2.59. The van der Waals surface area contributed by atoms with Gasteiger partial charge in [0.1, 0.15) is 0 Å². The number of nitrogens with zero attached hydrogens (tertiary/aromatic N) is 2. The predicted molar refractivity (Wildman–Crippen MR) is 96.4 cm³/mol. The zero-order chi connectivity index (χ0) is 19.4. The van der Waals surface area contributed by atoms with Crippen molar-refractivity contribution in [2.75, 3.05) is 33.1 Å². The normalized spacial score (nSPS) is 18.3. The molecule has 0 amide bonds. The highest BCUT2D eigenvalue weighted by Crippen LogP contribution is 2.30. The third kappa shape index (κ3) is 5.02. The number of methoxy groups -OCH3 is 1. The molecule has 2 rings (SSSR count). The van der Waals surface area contributed by atoms with Gasteiger partial charge in [-0.3, -0.25) is 0 Å². The van der Waals surface area contributed by atoms with E-state index in [9.17, 15) is 16.8 Å². The summed E-state index contributed by atoms with van der Waals surface area (Å²) in [5.74, 6) is 0. The largest absolute Gasteiger partial charge is 0.385 e. The van der Waals surface area contributed by atoms with Gasteiger partial charge in [-0.25, -0.2) is 21.6 Å². The zero-order valence-corrected chi connectivity index (χ0v) is 16.4. The van der Waals surface area contributed by atoms with E-state index < -0.39 is 25.6 Å². The van der Waals surface area contributed by atoms with Gasteiger partial charge in [0.15, 0.2) is 0 Å². The van der Waals surface area contributed by atoms with E-state index in [1.807, 2.05) is 6.07 Å². The predicted octanol–water partition coefficient (Wildman–Crippen LogP) is 0.667. The maximum absolute atomic E-state index is 12.8. The summed E-state index contributed by atoms with van der Waals surface area (Å²) in [7, 11) is -5.58. The number of piperidine rings is 1. The molecule has 1 aliphatic heterocycles. The van der Waals surface area contributed by atoms with Crippen molar-refractivity contribution in [2.45, 2.75) is 29.7 Å². The van der Waals surface area contributed by atoms with Crippen molar-refractivity contribution in [3.05, 3.63) is 29.8 Å². The van der Waals surface area contributed by atoms with Crippen LogP contribution >= 0.6 is 0 Å². The minimum Gasteiger partial charge on any atom is -0.385 e. The number of benzene rings is 1. The Morgan fingerprint density at radius 3 is 2.23 bits per heavy atom. The summed E-state index contributed by atoms with van der Waals surface area (Å²) >= 11 is 0. The number of rotatable bonds is 7. The fourth-order valence-corrected chi connectivity index (χ4v) is 5.63. The van der Waals surface area contributed by atoms with Gasteiger partial charge < -0.3 is 4.74 Å². The Labute approximate surface area is 154 Å². The second kappa shape index (κ2) is 8.02. The molecule has 1 saturated heterocycles. The first-order valence-corrected chi connectivity index (χ1v) is 11.4. The fourth-order valence-electron chi connectivity index (χ4n) is 3.10. The van der Waals surface area contributed by atoms with Crippen LogP contribution in [-0.4, -0.2) is 59.7 Å². The first kappa shape index (κ1) is 20.8. The van der Waals surface area contributed by atoms with E-state index in [0.717, 1.165) is 6.26 Å². The lowest BCUT2D eigenvalue weighted by atomic mass is 9.86. The third-order valence-corrected chi connectivity index (χ3v) is 7.20. The van der Waals surface area contributed by atoms with Gasteiger partial charge in [0.2, 0.25) is 20.0 Å². The van der Waals surface area contributed by atoms with Crippen LogP contribution in [0.5, 0.6) is 0 Å². The number of nitriles is 1. The Morgan fingerprint density at radius 1 is 1.19 bits per heavy atom. The van der Waals surface area contributed by atoms with E-state index in [1.54, 1.807) is 7.11 Å². The Morgan fingerprint density at radius 2 is 1.77 bits per heavy atom. The van der Waals surface area contributed by atoms with Crippen molar-refractivity contribution in [1.29, 1.82) is 5.26 Å². The molecule has 1 aromatic rings. The van der Waals surface area contributed by atoms with Gasteiger partial charge in [0, 0.05) is 32.3 Å². The van der Waals surface area contributed by atoms with Crippen LogP contribution in [0.1, 0.15) is 24.8 Å². The van der Waals surface area contributed by atoms with Gasteiger partial charge in [-0.05, 0) is 43.5 Å². The van der Waals surface area contributed by atoms with Crippen molar-refractivity contribution in [1.82, 2.24) is 9.03 Å². The van der Waals surface area contributed by atoms with Crippen LogP contribution in [0, 0.1) is 11.3 Å². The molecule has 1 fully saturated rings. The van der Waals surface area contributed by atoms with Crippen molar-refractivity contribution in [2.24, 2.45) is 0 Å². The second-order valence-electron chi connectivity index (χ2n) is 6.44. The molecule has 144 valence electrons. The van der Waals surface area contributed by atoms with Crippen LogP contribution in [0.4, 0.5) is 0 Å². The van der Waals surface area contributed by atoms with E-state index in [4.69, 9.17) is 10.00 Å². The summed E-state index contributed by atoms with van der Waals surface area (Å²) in [5.41, 5.74) is -0.321. The van der Waals surface area contributed by atoms with Crippen molar-refractivity contribution < 1.29 is 21.6 Å². The maximum Gasteiger partial charge on any atom is 0.243 e. The molecule has 8 nitrogen and oxygen atoms in total. The lowest BCUT2D eigenvalue weighted by molar-refractivity contribution is 0.132. The standard InChI is InChI=1S/C16H23N3O5S2/c1-24-12-9-16(18-25(2,20)21)7-10-19(11-8-16)26(22,23)15-5-3-14(13-17)4-6-15/h3-6,18H,7-12H2,1-2H3. The van der Waals surface area contributed by atoms with Crippen molar-refractivity contribution in [3.8, 4) is 6.07 Å². The number of ether oxygens (including phenoxy) is 1. The molecule has 0 spiro atoms. The van der Waals surface area contributed by atoms with Crippen LogP contribution in [0.25, 0.3) is 0 Å². The van der Waals surface area contributed by atoms with Crippen LogP contribution in [0.15, 0.2) is 29.2 Å². The van der Waals surface area contributed by atoms with Crippen LogP contribution in [0.2, 0.25) is 0 Å². The molecule has 26 heavy (non-hydrogen) atoms. The minimum absolute atomic E-state index is 0.122. The summed E-state index contributed by atoms with van der Waals surface area (Å²) in [4.78, 5) is 0.122. The summed E-state index contributed by atoms with van der Waals surface area (Å²) < 4.78 is 58.1. The molecule has 1 heterocycles. The van der Waals surface area contributed by atoms with Gasteiger partial charge in [-0.1, -0.05) is 0 Å². The smallest absolute Gasteiger partial charge is 0.243 e. The van der Waals surface area contributed by atoms with Gasteiger partial charge >= 0.3 is 0 Å². The van der Waals surface area contributed by atoms with Crippen molar-refractivity contribution in [3.63, 3.8) is 0 Å². The molecule has 10 heteroatoms. The third-order valence-electron chi connectivity index (χ3n) is 4.49. The van der Waals surface area contributed by atoms with Gasteiger partial charge in [-0.15, -0.1) is 0 Å². The first-order valence-electron chi connectivity index (χ1n) is 8.10. The van der Waals surface area contributed by atoms with E-state index >= 15 is 0 Å². The average molecular weight is 402 g/mol. The molecule has 0 atom stereocenters. The van der Waals surface area contributed by atoms with E-state index in [-0.39, 0.29) is 18.0 Å². The van der Waals surface area contributed by atoms with Crippen LogP contribution in [-0.2, 0) is 24.8 Å². The first-order chi connectivity index (χ1) is 12.1. The molecule has 1 aromatic carbocycles. The second-order valence-corrected chi connectivity index (χ2v) is 10.1. The lowest BCUT2D eigenvalue weighted by Crippen LogP contribution is -2.56. The van der Waals surface area contributed by atoms with Crippen LogP contribution < -0.4 is 4.72 Å². The summed E-state index contributed by atoms with van der Waals surface area (Å²) in [5, 5.41) is 8.83. The molecule has 0 bridgehead atoms. The summed E-state index contributed by atoms with van der Waals surface area (Å²) in [6.07, 6.45) is 2.29. The van der Waals surface area contributed by atoms with Gasteiger partial charge in [0.25, 0.3) is 0 Å². The molecule has 0 saturated carbocycles. The SMILES string of the molecule is COCCC1(NS(C)(=O)=O)CCN(S(=O)(=O)c2ccc(C#N)cc2)CC1. The monoisotopic (exact) mass is 401 g/mol. The molecule has 1 aliphatic rings. The summed E-state index contributed by atoms with van der Waals surface area (Å²) in [6.45, 7) is 0.786. The highest BCUT2D eigenvalue weighted by molar-refractivity contribution is 7.89. The topological polar surface area (TPSA) is 117 Å². The van der Waals surface area contributed by atoms with E-state index in [2.05, 4.69) is 4.72 Å². The number of hydrogen-bond acceptors (Lipinski definition) is 6. The minimum atomic E-state index is -3.69. The zero-order valence-electron chi connectivity index (χ0n) is 14.8. The van der Waals surface area contributed by atoms with Crippen molar-refractivity contribution >= 4 is 20.0 Å². The Kier molecular flexibility index (Phi) is 6.42. The summed E-state index contributed by atoms with van der Waals surface area (Å²) in [6, 6.07) is 7.70. The highest BCUT2D eigenvalue weighted by atomic mass is 32.2. The Bertz CT molecular complexity index is 865. The van der Waals surface area contributed by atoms with E-state index in [0.29, 0.717) is 31.4 Å². The molecule has 0 aromatic heterocycles. The Hall–Kier alpha value is -1.51. The highest BCUT2D eigenvalue weighted by Gasteiger charge is 2.40. The van der Waals surface area contributed by atoms with Crippen LogP contribution in [0.3, 0.4) is 0 Å². The Balaban J connectivity index is 2.17. The number of nitrogens with one attached hydrogen (secondary N) is 1. The molecular formula is C16H23N3O5S2. The quantitative estimate of drug-likeness (QED) is 0.718. The lowest BCUT2D eigenvalue weighted by Gasteiger charge is -2.41. The molecule has 1 N–H and O–H groups in total. The number of hydrogen-bond donors (Lipinski definition) is 1. The number of sulfonamides is 2. The maximum atomic E-state index is 12.8. The van der Waals surface area contributed by atoms with E-state index in [1.165, 1.54) is 28.6 Å². The molecule has 0 unspecified atom stereocenters. The van der Waals surface area contributed by atoms with Gasteiger partial charge in [0.05, 0.1) is 22.8 Å². The fraction of sp³-hybridized carbons (Fsp3) is 0.562. The van der Waals surface area contributed by atoms with Gasteiger partial charge in [-0.2, -0.15) is 9.57 Å².